The number of rotatable bonds is 2. The van der Waals surface area contributed by atoms with E-state index in [2.05, 4.69) is 9.72 Å². The van der Waals surface area contributed by atoms with Crippen LogP contribution in [-0.2, 0) is 22.1 Å². The number of methoxy groups -OCH3 is 1. The molecular formula is C9H7F3INO2. The van der Waals surface area contributed by atoms with Crippen molar-refractivity contribution >= 4 is 28.6 Å². The first kappa shape index (κ1) is 13.2. The maximum Gasteiger partial charge on any atom is 0.434 e. The quantitative estimate of drug-likeness (QED) is 0.611. The molecule has 1 heterocycles. The summed E-state index contributed by atoms with van der Waals surface area (Å²) in [7, 11) is 1.21. The van der Waals surface area contributed by atoms with Gasteiger partial charge in [-0.05, 0) is 34.2 Å². The van der Waals surface area contributed by atoms with Crippen molar-refractivity contribution in [2.45, 2.75) is 12.6 Å². The normalized spacial score (nSPS) is 11.3. The number of carbonyl (C=O) groups excluding carboxylic acids is 1. The smallest absolute Gasteiger partial charge is 0.434 e. The van der Waals surface area contributed by atoms with Gasteiger partial charge in [-0.15, -0.1) is 0 Å². The van der Waals surface area contributed by atoms with Crippen molar-refractivity contribution in [1.82, 2.24) is 4.98 Å². The monoisotopic (exact) mass is 345 g/mol. The van der Waals surface area contributed by atoms with Crippen LogP contribution in [0.5, 0.6) is 0 Å². The molecule has 0 atom stereocenters. The molecule has 0 aromatic carbocycles. The van der Waals surface area contributed by atoms with Gasteiger partial charge in [0.05, 0.1) is 13.5 Å². The van der Waals surface area contributed by atoms with Gasteiger partial charge in [0.1, 0.15) is 0 Å². The van der Waals surface area contributed by atoms with E-state index in [1.54, 1.807) is 0 Å². The molecule has 1 aromatic rings. The topological polar surface area (TPSA) is 39.2 Å². The van der Waals surface area contributed by atoms with Gasteiger partial charge in [0.2, 0.25) is 0 Å². The van der Waals surface area contributed by atoms with Crippen LogP contribution in [0.3, 0.4) is 0 Å². The Labute approximate surface area is 103 Å². The third-order valence-corrected chi connectivity index (χ3v) is 2.56. The minimum absolute atomic E-state index is 0.0356. The predicted molar refractivity (Wildman–Crippen MR) is 57.7 cm³/mol. The number of carbonyl (C=O) groups is 1. The lowest BCUT2D eigenvalue weighted by atomic mass is 10.2. The average Bonchev–Trinajstić information content (AvgIpc) is 2.15. The second-order valence-electron chi connectivity index (χ2n) is 2.92. The standard InChI is InChI=1S/C9H7F3INO2/c1-16-7(15)3-5-2-6(13)8(14-4-5)9(10,11)12/h2,4H,3H2,1H3. The minimum Gasteiger partial charge on any atom is -0.469 e. The van der Waals surface area contributed by atoms with Crippen LogP contribution in [0.25, 0.3) is 0 Å². The second kappa shape index (κ2) is 4.98. The Morgan fingerprint density at radius 1 is 1.56 bits per heavy atom. The number of esters is 1. The second-order valence-corrected chi connectivity index (χ2v) is 4.09. The Balaban J connectivity index is 2.96. The molecule has 0 aliphatic carbocycles. The van der Waals surface area contributed by atoms with Crippen molar-refractivity contribution < 1.29 is 22.7 Å². The molecule has 0 fully saturated rings. The van der Waals surface area contributed by atoms with Crippen LogP contribution in [0.15, 0.2) is 12.3 Å². The number of hydrogen-bond acceptors (Lipinski definition) is 3. The summed E-state index contributed by atoms with van der Waals surface area (Å²) >= 11 is 1.54. The Hall–Kier alpha value is -0.860. The summed E-state index contributed by atoms with van der Waals surface area (Å²) in [4.78, 5) is 14.2. The molecule has 16 heavy (non-hydrogen) atoms. The lowest BCUT2D eigenvalue weighted by Gasteiger charge is -2.08. The number of nitrogens with zero attached hydrogens (tertiary/aromatic N) is 1. The maximum atomic E-state index is 12.4. The van der Waals surface area contributed by atoms with Crippen LogP contribution >= 0.6 is 22.6 Å². The number of halogens is 4. The Morgan fingerprint density at radius 2 is 2.19 bits per heavy atom. The largest absolute Gasteiger partial charge is 0.469 e. The SMILES string of the molecule is COC(=O)Cc1cnc(C(F)(F)F)c(I)c1. The third kappa shape index (κ3) is 3.32. The van der Waals surface area contributed by atoms with Gasteiger partial charge >= 0.3 is 12.1 Å². The van der Waals surface area contributed by atoms with Gasteiger partial charge < -0.3 is 4.74 Å². The van der Waals surface area contributed by atoms with E-state index < -0.39 is 17.8 Å². The lowest BCUT2D eigenvalue weighted by Crippen LogP contribution is -2.12. The lowest BCUT2D eigenvalue weighted by molar-refractivity contribution is -0.141. The molecular weight excluding hydrogens is 338 g/mol. The van der Waals surface area contributed by atoms with Gasteiger partial charge in [0, 0.05) is 9.77 Å². The highest BCUT2D eigenvalue weighted by molar-refractivity contribution is 14.1. The first-order valence-electron chi connectivity index (χ1n) is 4.13. The highest BCUT2D eigenvalue weighted by Gasteiger charge is 2.34. The molecule has 1 aromatic heterocycles. The molecule has 88 valence electrons. The molecule has 0 aliphatic rings. The Morgan fingerprint density at radius 3 is 2.62 bits per heavy atom. The highest BCUT2D eigenvalue weighted by Crippen LogP contribution is 2.31. The number of pyridine rings is 1. The van der Waals surface area contributed by atoms with Crippen LogP contribution in [0, 0.1) is 3.57 Å². The minimum atomic E-state index is -4.47. The molecule has 0 saturated heterocycles. The van der Waals surface area contributed by atoms with Crippen molar-refractivity contribution in [1.29, 1.82) is 0 Å². The van der Waals surface area contributed by atoms with Gasteiger partial charge in [0.15, 0.2) is 5.69 Å². The van der Waals surface area contributed by atoms with E-state index in [0.717, 1.165) is 6.20 Å². The number of hydrogen-bond donors (Lipinski definition) is 0. The van der Waals surface area contributed by atoms with Gasteiger partial charge in [-0.2, -0.15) is 13.2 Å². The first-order chi connectivity index (χ1) is 7.34. The average molecular weight is 345 g/mol. The van der Waals surface area contributed by atoms with Crippen molar-refractivity contribution in [2.24, 2.45) is 0 Å². The fourth-order valence-electron chi connectivity index (χ4n) is 1.02. The Bertz CT molecular complexity index is 406. The summed E-state index contributed by atoms with van der Waals surface area (Å²) in [5.74, 6) is -0.516. The zero-order valence-electron chi connectivity index (χ0n) is 8.14. The molecule has 0 N–H and O–H groups in total. The van der Waals surface area contributed by atoms with Gasteiger partial charge in [-0.3, -0.25) is 9.78 Å². The molecule has 0 amide bonds. The van der Waals surface area contributed by atoms with Crippen LogP contribution in [0.2, 0.25) is 0 Å². The summed E-state index contributed by atoms with van der Waals surface area (Å²) < 4.78 is 41.4. The zero-order chi connectivity index (χ0) is 12.3. The van der Waals surface area contributed by atoms with Crippen molar-refractivity contribution in [3.8, 4) is 0 Å². The van der Waals surface area contributed by atoms with Crippen LogP contribution in [0.4, 0.5) is 13.2 Å². The third-order valence-electron chi connectivity index (χ3n) is 1.74. The molecule has 3 nitrogen and oxygen atoms in total. The summed E-state index contributed by atoms with van der Waals surface area (Å²) in [6.07, 6.45) is -3.53. The van der Waals surface area contributed by atoms with Gasteiger partial charge in [-0.25, -0.2) is 0 Å². The van der Waals surface area contributed by atoms with E-state index in [1.807, 2.05) is 0 Å². The maximum absolute atomic E-state index is 12.4. The summed E-state index contributed by atoms with van der Waals surface area (Å²) in [5, 5.41) is 0. The summed E-state index contributed by atoms with van der Waals surface area (Å²) in [5.41, 5.74) is -0.550. The van der Waals surface area contributed by atoms with Crippen LogP contribution in [-0.4, -0.2) is 18.1 Å². The molecule has 0 saturated carbocycles. The molecule has 0 bridgehead atoms. The van der Waals surface area contributed by atoms with Crippen LogP contribution in [0.1, 0.15) is 11.3 Å². The molecule has 0 aliphatic heterocycles. The molecule has 0 radical (unpaired) electrons. The van der Waals surface area contributed by atoms with E-state index in [-0.39, 0.29) is 9.99 Å². The van der Waals surface area contributed by atoms with E-state index in [0.29, 0.717) is 5.56 Å². The number of alkyl halides is 3. The van der Waals surface area contributed by atoms with Crippen LogP contribution < -0.4 is 0 Å². The van der Waals surface area contributed by atoms with E-state index in [4.69, 9.17) is 0 Å². The fraction of sp³-hybridized carbons (Fsp3) is 0.333. The summed E-state index contributed by atoms with van der Waals surface area (Å²) in [6.45, 7) is 0. The fourth-order valence-corrected chi connectivity index (χ4v) is 1.87. The summed E-state index contributed by atoms with van der Waals surface area (Å²) in [6, 6.07) is 1.27. The molecule has 1 rings (SSSR count). The Kier molecular flexibility index (Phi) is 4.11. The van der Waals surface area contributed by atoms with E-state index in [1.165, 1.54) is 35.8 Å². The van der Waals surface area contributed by atoms with Crippen molar-refractivity contribution in [2.75, 3.05) is 7.11 Å². The van der Waals surface area contributed by atoms with Crippen molar-refractivity contribution in [3.63, 3.8) is 0 Å². The zero-order valence-corrected chi connectivity index (χ0v) is 10.3. The van der Waals surface area contributed by atoms with E-state index >= 15 is 0 Å². The number of aromatic nitrogens is 1. The van der Waals surface area contributed by atoms with Gasteiger partial charge in [0.25, 0.3) is 0 Å². The highest BCUT2D eigenvalue weighted by atomic mass is 127. The predicted octanol–water partition coefficient (Wildman–Crippen LogP) is 2.42. The molecule has 0 spiro atoms. The molecule has 0 unspecified atom stereocenters. The molecule has 7 heteroatoms. The first-order valence-corrected chi connectivity index (χ1v) is 5.21. The van der Waals surface area contributed by atoms with Crippen molar-refractivity contribution in [3.05, 3.63) is 27.1 Å². The van der Waals surface area contributed by atoms with Gasteiger partial charge in [-0.1, -0.05) is 0 Å². The number of ether oxygens (including phenoxy) is 1. The van der Waals surface area contributed by atoms with E-state index in [9.17, 15) is 18.0 Å².